The summed E-state index contributed by atoms with van der Waals surface area (Å²) in [7, 11) is 1.36. The first-order chi connectivity index (χ1) is 14.1. The molecule has 4 rings (SSSR count). The van der Waals surface area contributed by atoms with E-state index in [1.54, 1.807) is 4.90 Å². The summed E-state index contributed by atoms with van der Waals surface area (Å²) in [4.78, 5) is 28.2. The number of carbonyl (C=O) groups is 2. The van der Waals surface area contributed by atoms with Crippen LogP contribution in [0.1, 0.15) is 28.7 Å². The van der Waals surface area contributed by atoms with Crippen molar-refractivity contribution in [1.29, 1.82) is 0 Å². The van der Waals surface area contributed by atoms with Gasteiger partial charge in [-0.2, -0.15) is 0 Å². The van der Waals surface area contributed by atoms with Crippen molar-refractivity contribution in [2.24, 2.45) is 0 Å². The molecule has 0 fully saturated rings. The second-order valence-corrected chi connectivity index (χ2v) is 7.42. The van der Waals surface area contributed by atoms with E-state index < -0.39 is 11.4 Å². The van der Waals surface area contributed by atoms with Gasteiger partial charge in [0, 0.05) is 5.69 Å². The molecule has 0 saturated carbocycles. The number of aryl methyl sites for hydroxylation is 1. The highest BCUT2D eigenvalue weighted by Crippen LogP contribution is 2.49. The van der Waals surface area contributed by atoms with E-state index in [2.05, 4.69) is 0 Å². The third-order valence-corrected chi connectivity index (χ3v) is 5.60. The van der Waals surface area contributed by atoms with Crippen LogP contribution in [0.15, 0.2) is 78.9 Å². The molecule has 0 aliphatic carbocycles. The third-order valence-electron chi connectivity index (χ3n) is 5.60. The number of rotatable bonds is 5. The van der Waals surface area contributed by atoms with Crippen LogP contribution in [0.4, 0.5) is 5.69 Å². The summed E-state index contributed by atoms with van der Waals surface area (Å²) < 4.78 is 5.00. The second kappa shape index (κ2) is 7.55. The Bertz CT molecular complexity index is 1050. The van der Waals surface area contributed by atoms with Crippen molar-refractivity contribution >= 4 is 17.6 Å². The molecule has 1 aliphatic heterocycles. The lowest BCUT2D eigenvalue weighted by molar-refractivity contribution is -0.143. The van der Waals surface area contributed by atoms with Crippen LogP contribution in [-0.4, -0.2) is 19.0 Å². The molecule has 0 saturated heterocycles. The fourth-order valence-corrected chi connectivity index (χ4v) is 4.17. The van der Waals surface area contributed by atoms with Gasteiger partial charge in [-0.15, -0.1) is 0 Å². The number of nitrogens with zero attached hydrogens (tertiary/aromatic N) is 1. The molecular weight excluding hydrogens is 362 g/mol. The fourth-order valence-electron chi connectivity index (χ4n) is 4.17. The average molecular weight is 385 g/mol. The van der Waals surface area contributed by atoms with Crippen molar-refractivity contribution in [2.75, 3.05) is 12.0 Å². The van der Waals surface area contributed by atoms with Crippen LogP contribution in [0.2, 0.25) is 0 Å². The van der Waals surface area contributed by atoms with Gasteiger partial charge in [0.2, 0.25) is 5.91 Å². The monoisotopic (exact) mass is 385 g/mol. The molecule has 0 unspecified atom stereocenters. The molecule has 1 atom stereocenters. The van der Waals surface area contributed by atoms with E-state index in [0.29, 0.717) is 6.54 Å². The largest absolute Gasteiger partial charge is 0.469 e. The Balaban J connectivity index is 1.92. The number of anilines is 1. The molecule has 1 heterocycles. The van der Waals surface area contributed by atoms with Crippen LogP contribution in [0.3, 0.4) is 0 Å². The Morgan fingerprint density at radius 3 is 2.28 bits per heavy atom. The Morgan fingerprint density at radius 2 is 1.62 bits per heavy atom. The molecule has 0 bridgehead atoms. The zero-order chi connectivity index (χ0) is 20.4. The van der Waals surface area contributed by atoms with Gasteiger partial charge in [0.05, 0.1) is 20.1 Å². The molecule has 29 heavy (non-hydrogen) atoms. The number of fused-ring (bicyclic) bond motifs is 1. The maximum absolute atomic E-state index is 14.0. The van der Waals surface area contributed by atoms with Crippen LogP contribution in [-0.2, 0) is 26.3 Å². The predicted molar refractivity (Wildman–Crippen MR) is 113 cm³/mol. The topological polar surface area (TPSA) is 46.6 Å². The number of hydrogen-bond donors (Lipinski definition) is 0. The van der Waals surface area contributed by atoms with Gasteiger partial charge in [0.1, 0.15) is 5.41 Å². The minimum Gasteiger partial charge on any atom is -0.469 e. The Morgan fingerprint density at radius 1 is 0.966 bits per heavy atom. The Kier molecular flexibility index (Phi) is 4.93. The van der Waals surface area contributed by atoms with Crippen molar-refractivity contribution in [3.05, 3.63) is 101 Å². The van der Waals surface area contributed by atoms with Gasteiger partial charge >= 0.3 is 5.97 Å². The average Bonchev–Trinajstić information content (AvgIpc) is 2.98. The molecule has 4 nitrogen and oxygen atoms in total. The third kappa shape index (κ3) is 3.21. The van der Waals surface area contributed by atoms with Gasteiger partial charge < -0.3 is 9.64 Å². The quantitative estimate of drug-likeness (QED) is 0.612. The van der Waals surface area contributed by atoms with Gasteiger partial charge in [-0.3, -0.25) is 9.59 Å². The fraction of sp³-hybridized carbons (Fsp3) is 0.200. The summed E-state index contributed by atoms with van der Waals surface area (Å²) in [6, 6.07) is 25.4. The highest BCUT2D eigenvalue weighted by atomic mass is 16.5. The Hall–Kier alpha value is -3.40. The summed E-state index contributed by atoms with van der Waals surface area (Å²) in [6.07, 6.45) is -0.0336. The van der Waals surface area contributed by atoms with Gasteiger partial charge in [-0.1, -0.05) is 78.4 Å². The maximum atomic E-state index is 14.0. The number of benzene rings is 3. The molecule has 146 valence electrons. The van der Waals surface area contributed by atoms with E-state index in [9.17, 15) is 9.59 Å². The number of amides is 1. The first-order valence-corrected chi connectivity index (χ1v) is 9.65. The Labute approximate surface area is 170 Å². The molecule has 0 radical (unpaired) electrons. The number of carbonyl (C=O) groups excluding carboxylic acids is 2. The maximum Gasteiger partial charge on any atom is 0.307 e. The number of methoxy groups -OCH3 is 1. The molecule has 4 heteroatoms. The molecule has 0 spiro atoms. The van der Waals surface area contributed by atoms with Crippen LogP contribution in [0.5, 0.6) is 0 Å². The van der Waals surface area contributed by atoms with Crippen molar-refractivity contribution in [3.8, 4) is 0 Å². The minimum atomic E-state index is -1.09. The summed E-state index contributed by atoms with van der Waals surface area (Å²) >= 11 is 0. The van der Waals surface area contributed by atoms with Crippen LogP contribution in [0, 0.1) is 6.92 Å². The van der Waals surface area contributed by atoms with E-state index in [1.807, 2.05) is 85.8 Å². The van der Waals surface area contributed by atoms with Crippen LogP contribution < -0.4 is 4.90 Å². The SMILES string of the molecule is COC(=O)C[C@@]1(c2ccccc2)C(=O)N(Cc2ccccc2)c2ccc(C)cc21. The highest BCUT2D eigenvalue weighted by molar-refractivity contribution is 6.12. The second-order valence-electron chi connectivity index (χ2n) is 7.42. The number of ether oxygens (including phenoxy) is 1. The van der Waals surface area contributed by atoms with Gasteiger partial charge in [-0.25, -0.2) is 0 Å². The standard InChI is InChI=1S/C25H23NO3/c1-18-13-14-22-21(15-18)25(16-23(27)29-2,20-11-7-4-8-12-20)24(28)26(22)17-19-9-5-3-6-10-19/h3-15H,16-17H2,1-2H3/t25-/m0/s1. The summed E-state index contributed by atoms with van der Waals surface area (Å²) in [5.74, 6) is -0.505. The minimum absolute atomic E-state index is 0.0336. The predicted octanol–water partition coefficient (Wildman–Crippen LogP) is 4.39. The van der Waals surface area contributed by atoms with E-state index in [4.69, 9.17) is 4.74 Å². The first kappa shape index (κ1) is 18.9. The lowest BCUT2D eigenvalue weighted by Gasteiger charge is -2.28. The first-order valence-electron chi connectivity index (χ1n) is 9.65. The molecule has 3 aromatic carbocycles. The van der Waals surface area contributed by atoms with Crippen molar-refractivity contribution in [3.63, 3.8) is 0 Å². The van der Waals surface area contributed by atoms with Gasteiger partial charge in [0.25, 0.3) is 0 Å². The lowest BCUT2D eigenvalue weighted by atomic mass is 9.72. The lowest BCUT2D eigenvalue weighted by Crippen LogP contribution is -2.42. The van der Waals surface area contributed by atoms with E-state index >= 15 is 0 Å². The molecule has 1 aliphatic rings. The number of hydrogen-bond acceptors (Lipinski definition) is 3. The van der Waals surface area contributed by atoms with E-state index in [0.717, 1.165) is 27.9 Å². The van der Waals surface area contributed by atoms with Crippen LogP contribution >= 0.6 is 0 Å². The van der Waals surface area contributed by atoms with Gasteiger partial charge in [-0.05, 0) is 29.7 Å². The zero-order valence-corrected chi connectivity index (χ0v) is 16.6. The molecule has 0 aromatic heterocycles. The molecular formula is C25H23NO3. The molecule has 1 amide bonds. The number of esters is 1. The summed E-state index contributed by atoms with van der Waals surface area (Å²) in [5.41, 5.74) is 3.49. The molecule has 0 N–H and O–H groups in total. The zero-order valence-electron chi connectivity index (χ0n) is 16.6. The highest BCUT2D eigenvalue weighted by Gasteiger charge is 2.53. The smallest absolute Gasteiger partial charge is 0.307 e. The normalized spacial score (nSPS) is 17.9. The van der Waals surface area contributed by atoms with Crippen molar-refractivity contribution in [2.45, 2.75) is 25.3 Å². The van der Waals surface area contributed by atoms with Gasteiger partial charge in [0.15, 0.2) is 0 Å². The summed E-state index contributed by atoms with van der Waals surface area (Å²) in [5, 5.41) is 0. The van der Waals surface area contributed by atoms with E-state index in [1.165, 1.54) is 7.11 Å². The summed E-state index contributed by atoms with van der Waals surface area (Å²) in [6.45, 7) is 2.45. The van der Waals surface area contributed by atoms with Crippen molar-refractivity contribution in [1.82, 2.24) is 0 Å². The molecule has 3 aromatic rings. The van der Waals surface area contributed by atoms with Crippen LogP contribution in [0.25, 0.3) is 0 Å². The van der Waals surface area contributed by atoms with E-state index in [-0.39, 0.29) is 12.3 Å². The van der Waals surface area contributed by atoms with Crippen molar-refractivity contribution < 1.29 is 14.3 Å².